The molecule has 1 N–H and O–H groups in total. The van der Waals surface area contributed by atoms with Gasteiger partial charge in [0.25, 0.3) is 0 Å². The van der Waals surface area contributed by atoms with Crippen molar-refractivity contribution in [3.05, 3.63) is 40.9 Å². The average molecular weight is 268 g/mol. The second-order valence-corrected chi connectivity index (χ2v) is 4.42. The van der Waals surface area contributed by atoms with Crippen molar-refractivity contribution < 1.29 is 4.39 Å². The van der Waals surface area contributed by atoms with E-state index in [1.807, 2.05) is 7.05 Å². The summed E-state index contributed by atoms with van der Waals surface area (Å²) in [6.45, 7) is 0.785. The van der Waals surface area contributed by atoms with Crippen LogP contribution >= 0.6 is 11.6 Å². The van der Waals surface area contributed by atoms with Gasteiger partial charge in [0.05, 0.1) is 11.3 Å². The number of imidazole rings is 1. The average Bonchev–Trinajstić information content (AvgIpc) is 2.65. The molecule has 0 amide bonds. The highest BCUT2D eigenvalue weighted by atomic mass is 35.5. The minimum Gasteiger partial charge on any atom is -0.319 e. The summed E-state index contributed by atoms with van der Waals surface area (Å²) in [5.74, 6) is 0.270. The summed E-state index contributed by atoms with van der Waals surface area (Å²) in [6.07, 6.45) is 0.720. The van der Waals surface area contributed by atoms with Gasteiger partial charge in [0, 0.05) is 20.0 Å². The zero-order valence-electron chi connectivity index (χ0n) is 10.4. The van der Waals surface area contributed by atoms with Gasteiger partial charge in [-0.25, -0.2) is 9.37 Å². The molecule has 2 aromatic rings. The van der Waals surface area contributed by atoms with Gasteiger partial charge in [0.15, 0.2) is 0 Å². The fourth-order valence-corrected chi connectivity index (χ4v) is 2.04. The Balaban J connectivity index is 2.43. The molecule has 0 aliphatic rings. The predicted molar refractivity (Wildman–Crippen MR) is 71.2 cm³/mol. The summed E-state index contributed by atoms with van der Waals surface area (Å²) in [7, 11) is 3.66. The second-order valence-electron chi connectivity index (χ2n) is 4.07. The van der Waals surface area contributed by atoms with E-state index in [0.29, 0.717) is 16.5 Å². The van der Waals surface area contributed by atoms with Gasteiger partial charge in [-0.3, -0.25) is 0 Å². The van der Waals surface area contributed by atoms with Crippen molar-refractivity contribution in [1.29, 1.82) is 0 Å². The fourth-order valence-electron chi connectivity index (χ4n) is 1.82. The molecule has 3 nitrogen and oxygen atoms in total. The molecule has 1 aromatic carbocycles. The Morgan fingerprint density at radius 1 is 1.39 bits per heavy atom. The highest BCUT2D eigenvalue weighted by molar-refractivity contribution is 6.30. The first-order chi connectivity index (χ1) is 8.65. The molecule has 0 atom stereocenters. The van der Waals surface area contributed by atoms with Crippen molar-refractivity contribution in [2.75, 3.05) is 13.6 Å². The van der Waals surface area contributed by atoms with Crippen molar-refractivity contribution in [2.45, 2.75) is 6.42 Å². The number of aromatic nitrogens is 2. The zero-order valence-corrected chi connectivity index (χ0v) is 11.1. The lowest BCUT2D eigenvalue weighted by Crippen LogP contribution is -2.10. The van der Waals surface area contributed by atoms with Crippen LogP contribution < -0.4 is 5.32 Å². The third-order valence-corrected chi connectivity index (χ3v) is 3.29. The number of nitrogens with one attached hydrogen (secondary N) is 1. The summed E-state index contributed by atoms with van der Waals surface area (Å²) in [5.41, 5.74) is 1.25. The number of halogens is 2. The molecule has 0 bridgehead atoms. The van der Waals surface area contributed by atoms with Crippen molar-refractivity contribution in [2.24, 2.45) is 7.05 Å². The lowest BCUT2D eigenvalue weighted by atomic mass is 10.2. The second kappa shape index (κ2) is 5.50. The molecule has 96 valence electrons. The normalized spacial score (nSPS) is 10.9. The van der Waals surface area contributed by atoms with E-state index < -0.39 is 0 Å². The maximum Gasteiger partial charge on any atom is 0.144 e. The van der Waals surface area contributed by atoms with E-state index in [2.05, 4.69) is 10.3 Å². The molecule has 0 aliphatic carbocycles. The number of rotatable bonds is 4. The zero-order chi connectivity index (χ0) is 13.1. The van der Waals surface area contributed by atoms with Crippen molar-refractivity contribution in [1.82, 2.24) is 14.9 Å². The largest absolute Gasteiger partial charge is 0.319 e. The first kappa shape index (κ1) is 13.1. The van der Waals surface area contributed by atoms with E-state index in [9.17, 15) is 4.39 Å². The van der Waals surface area contributed by atoms with E-state index in [4.69, 9.17) is 11.6 Å². The predicted octanol–water partition coefficient (Wildman–Crippen LogP) is 2.64. The molecule has 1 aromatic heterocycles. The molecule has 0 saturated heterocycles. The highest BCUT2D eigenvalue weighted by Crippen LogP contribution is 2.26. The summed E-state index contributed by atoms with van der Waals surface area (Å²) in [6, 6.07) is 6.57. The first-order valence-electron chi connectivity index (χ1n) is 5.75. The molecule has 5 heteroatoms. The van der Waals surface area contributed by atoms with E-state index in [-0.39, 0.29) is 5.82 Å². The van der Waals surface area contributed by atoms with Crippen LogP contribution in [0.5, 0.6) is 0 Å². The smallest absolute Gasteiger partial charge is 0.144 e. The maximum atomic E-state index is 13.7. The van der Waals surface area contributed by atoms with Crippen LogP contribution in [0.4, 0.5) is 4.39 Å². The molecule has 0 aliphatic heterocycles. The molecule has 0 radical (unpaired) electrons. The van der Waals surface area contributed by atoms with Crippen molar-refractivity contribution >= 4 is 11.6 Å². The maximum absolute atomic E-state index is 13.7. The Bertz CT molecular complexity index is 551. The lowest BCUT2D eigenvalue weighted by Gasteiger charge is -2.03. The Morgan fingerprint density at radius 3 is 2.78 bits per heavy atom. The Labute approximate surface area is 111 Å². The van der Waals surface area contributed by atoms with E-state index in [0.717, 1.165) is 18.7 Å². The molecule has 0 unspecified atom stereocenters. The van der Waals surface area contributed by atoms with E-state index in [1.165, 1.54) is 6.07 Å². The van der Waals surface area contributed by atoms with E-state index in [1.54, 1.807) is 29.8 Å². The lowest BCUT2D eigenvalue weighted by molar-refractivity contribution is 0.629. The standard InChI is InChI=1S/C13H15ClFN3/c1-16-8-7-11-12(14)18(2)13(17-11)9-5-3-4-6-10(9)15/h3-6,16H,7-8H2,1-2H3. The van der Waals surface area contributed by atoms with Crippen LogP contribution in [0.3, 0.4) is 0 Å². The molecule has 2 rings (SSSR count). The third kappa shape index (κ3) is 2.40. The van der Waals surface area contributed by atoms with Gasteiger partial charge in [0.2, 0.25) is 0 Å². The molecule has 1 heterocycles. The minimum absolute atomic E-state index is 0.289. The molecular weight excluding hydrogens is 253 g/mol. The van der Waals surface area contributed by atoms with Crippen LogP contribution in [0, 0.1) is 5.82 Å². The number of hydrogen-bond donors (Lipinski definition) is 1. The molecule has 18 heavy (non-hydrogen) atoms. The highest BCUT2D eigenvalue weighted by Gasteiger charge is 2.16. The summed E-state index contributed by atoms with van der Waals surface area (Å²) in [5, 5.41) is 3.60. The topological polar surface area (TPSA) is 29.9 Å². The quantitative estimate of drug-likeness (QED) is 0.923. The Hall–Kier alpha value is -1.39. The van der Waals surface area contributed by atoms with E-state index >= 15 is 0 Å². The van der Waals surface area contributed by atoms with Crippen LogP contribution in [0.25, 0.3) is 11.4 Å². The summed E-state index contributed by atoms with van der Waals surface area (Å²) < 4.78 is 15.5. The van der Waals surface area contributed by atoms with Crippen LogP contribution in [0.1, 0.15) is 5.69 Å². The van der Waals surface area contributed by atoms with Crippen molar-refractivity contribution in [3.63, 3.8) is 0 Å². The van der Waals surface area contributed by atoms with Gasteiger partial charge >= 0.3 is 0 Å². The van der Waals surface area contributed by atoms with Crippen LogP contribution in [-0.2, 0) is 13.5 Å². The van der Waals surface area contributed by atoms with Crippen LogP contribution in [0.2, 0.25) is 5.15 Å². The molecular formula is C13H15ClFN3. The van der Waals surface area contributed by atoms with Gasteiger partial charge in [-0.15, -0.1) is 0 Å². The minimum atomic E-state index is -0.289. The fraction of sp³-hybridized carbons (Fsp3) is 0.308. The molecule has 0 saturated carbocycles. The summed E-state index contributed by atoms with van der Waals surface area (Å²) >= 11 is 6.20. The van der Waals surface area contributed by atoms with Crippen LogP contribution in [-0.4, -0.2) is 23.1 Å². The number of hydrogen-bond acceptors (Lipinski definition) is 2. The Morgan fingerprint density at radius 2 is 2.11 bits per heavy atom. The van der Waals surface area contributed by atoms with Crippen molar-refractivity contribution in [3.8, 4) is 11.4 Å². The Kier molecular flexibility index (Phi) is 3.99. The molecule has 0 fully saturated rings. The van der Waals surface area contributed by atoms with Gasteiger partial charge < -0.3 is 9.88 Å². The number of likely N-dealkylation sites (N-methyl/N-ethyl adjacent to an activating group) is 1. The van der Waals surface area contributed by atoms with Gasteiger partial charge in [-0.05, 0) is 19.2 Å². The first-order valence-corrected chi connectivity index (χ1v) is 6.13. The van der Waals surface area contributed by atoms with Gasteiger partial charge in [-0.2, -0.15) is 0 Å². The SMILES string of the molecule is CNCCc1nc(-c2ccccc2F)n(C)c1Cl. The summed E-state index contributed by atoms with van der Waals surface area (Å²) in [4.78, 5) is 4.43. The number of benzene rings is 1. The van der Waals surface area contributed by atoms with Crippen LogP contribution in [0.15, 0.2) is 24.3 Å². The monoisotopic (exact) mass is 267 g/mol. The molecule has 0 spiro atoms. The van der Waals surface area contributed by atoms with Gasteiger partial charge in [-0.1, -0.05) is 23.7 Å². The number of nitrogens with zero attached hydrogens (tertiary/aromatic N) is 2. The third-order valence-electron chi connectivity index (χ3n) is 2.82. The van der Waals surface area contributed by atoms with Gasteiger partial charge in [0.1, 0.15) is 16.8 Å².